The predicted octanol–water partition coefficient (Wildman–Crippen LogP) is 2.93. The molecule has 0 atom stereocenters. The van der Waals surface area contributed by atoms with Gasteiger partial charge in [-0.2, -0.15) is 0 Å². The number of imidazole rings is 1. The van der Waals surface area contributed by atoms with Crippen molar-refractivity contribution in [1.29, 1.82) is 0 Å². The highest BCUT2D eigenvalue weighted by Gasteiger charge is 2.29. The monoisotopic (exact) mass is 292 g/mol. The van der Waals surface area contributed by atoms with E-state index in [-0.39, 0.29) is 11.8 Å². The third-order valence-corrected chi connectivity index (χ3v) is 3.94. The Kier molecular flexibility index (Phi) is 2.85. The second-order valence-electron chi connectivity index (χ2n) is 5.62. The smallest absolute Gasteiger partial charge is 0.227 e. The molecule has 22 heavy (non-hydrogen) atoms. The van der Waals surface area contributed by atoms with Gasteiger partial charge in [-0.15, -0.1) is 0 Å². The highest BCUT2D eigenvalue weighted by molar-refractivity contribution is 5.94. The number of nitrogens with one attached hydrogen (secondary N) is 1. The molecule has 1 amide bonds. The van der Waals surface area contributed by atoms with Crippen LogP contribution in [-0.4, -0.2) is 15.3 Å². The van der Waals surface area contributed by atoms with Crippen molar-refractivity contribution in [1.82, 2.24) is 9.38 Å². The molecule has 1 fully saturated rings. The first-order valence-electron chi connectivity index (χ1n) is 7.36. The Hall–Kier alpha value is -2.82. The lowest BCUT2D eigenvalue weighted by molar-refractivity contribution is -0.117. The number of hydrogen-bond donors (Lipinski definition) is 2. The lowest BCUT2D eigenvalue weighted by Crippen LogP contribution is -2.12. The molecule has 2 heterocycles. The van der Waals surface area contributed by atoms with E-state index < -0.39 is 0 Å². The van der Waals surface area contributed by atoms with Gasteiger partial charge in [0, 0.05) is 23.4 Å². The lowest BCUT2D eigenvalue weighted by Gasteiger charge is -2.05. The molecule has 3 N–H and O–H groups in total. The Morgan fingerprint density at radius 3 is 2.64 bits per heavy atom. The van der Waals surface area contributed by atoms with Gasteiger partial charge in [0.1, 0.15) is 17.2 Å². The first-order valence-corrected chi connectivity index (χ1v) is 7.36. The molecule has 0 aliphatic heterocycles. The number of carbonyl (C=O) groups excluding carboxylic acids is 1. The van der Waals surface area contributed by atoms with Gasteiger partial charge in [0.15, 0.2) is 0 Å². The number of anilines is 2. The Morgan fingerprint density at radius 2 is 1.95 bits per heavy atom. The number of nitrogens with zero attached hydrogens (tertiary/aromatic N) is 2. The molecular formula is C17H16N4O. The van der Waals surface area contributed by atoms with Gasteiger partial charge in [-0.05, 0) is 37.1 Å². The van der Waals surface area contributed by atoms with Crippen LogP contribution in [0.15, 0.2) is 48.7 Å². The van der Waals surface area contributed by atoms with Gasteiger partial charge in [0.25, 0.3) is 0 Å². The molecule has 0 saturated heterocycles. The van der Waals surface area contributed by atoms with Crippen molar-refractivity contribution in [3.05, 3.63) is 48.7 Å². The van der Waals surface area contributed by atoms with Crippen LogP contribution in [0.3, 0.4) is 0 Å². The quantitative estimate of drug-likeness (QED) is 0.779. The fourth-order valence-electron chi connectivity index (χ4n) is 2.53. The van der Waals surface area contributed by atoms with Crippen molar-refractivity contribution in [2.24, 2.45) is 5.92 Å². The third kappa shape index (κ3) is 2.20. The molecule has 0 bridgehead atoms. The molecule has 4 rings (SSSR count). The van der Waals surface area contributed by atoms with Crippen molar-refractivity contribution in [2.75, 3.05) is 11.1 Å². The van der Waals surface area contributed by atoms with Crippen LogP contribution >= 0.6 is 0 Å². The fraction of sp³-hybridized carbons (Fsp3) is 0.176. The van der Waals surface area contributed by atoms with E-state index in [1.807, 2.05) is 53.1 Å². The normalized spacial score (nSPS) is 14.2. The second-order valence-corrected chi connectivity index (χ2v) is 5.62. The minimum atomic E-state index is 0.111. The van der Waals surface area contributed by atoms with Crippen molar-refractivity contribution in [3.63, 3.8) is 0 Å². The van der Waals surface area contributed by atoms with Gasteiger partial charge >= 0.3 is 0 Å². The largest absolute Gasteiger partial charge is 0.383 e. The average Bonchev–Trinajstić information content (AvgIpc) is 3.34. The predicted molar refractivity (Wildman–Crippen MR) is 86.4 cm³/mol. The van der Waals surface area contributed by atoms with Gasteiger partial charge < -0.3 is 11.1 Å². The summed E-state index contributed by atoms with van der Waals surface area (Å²) in [6.45, 7) is 0. The molecule has 5 heteroatoms. The molecular weight excluding hydrogens is 276 g/mol. The van der Waals surface area contributed by atoms with Crippen LogP contribution in [0.2, 0.25) is 0 Å². The van der Waals surface area contributed by atoms with Crippen molar-refractivity contribution in [3.8, 4) is 11.3 Å². The number of pyridine rings is 1. The number of benzene rings is 1. The minimum absolute atomic E-state index is 0.111. The van der Waals surface area contributed by atoms with Crippen LogP contribution in [0.1, 0.15) is 12.8 Å². The first kappa shape index (κ1) is 12.9. The molecule has 1 aromatic carbocycles. The molecule has 2 aromatic heterocycles. The van der Waals surface area contributed by atoms with Crippen LogP contribution in [0.5, 0.6) is 0 Å². The molecule has 1 saturated carbocycles. The summed E-state index contributed by atoms with van der Waals surface area (Å²) in [4.78, 5) is 16.3. The standard InChI is InChI=1S/C17H16N4O/c18-16-15(20-14-3-1-2-10-21(14)16)11-6-8-13(9-7-11)19-17(22)12-4-5-12/h1-3,6-10,12H,4-5,18H2,(H,19,22). The van der Waals surface area contributed by atoms with Gasteiger partial charge in [0.05, 0.1) is 0 Å². The van der Waals surface area contributed by atoms with Crippen molar-refractivity contribution < 1.29 is 4.79 Å². The summed E-state index contributed by atoms with van der Waals surface area (Å²) in [5, 5.41) is 2.93. The summed E-state index contributed by atoms with van der Waals surface area (Å²) in [6.07, 6.45) is 3.90. The van der Waals surface area contributed by atoms with Gasteiger partial charge in [-0.1, -0.05) is 18.2 Å². The van der Waals surface area contributed by atoms with Crippen LogP contribution < -0.4 is 11.1 Å². The van der Waals surface area contributed by atoms with Crippen LogP contribution in [0, 0.1) is 5.92 Å². The second kappa shape index (κ2) is 4.87. The molecule has 1 aliphatic rings. The number of hydrogen-bond acceptors (Lipinski definition) is 3. The average molecular weight is 292 g/mol. The maximum absolute atomic E-state index is 11.8. The maximum Gasteiger partial charge on any atom is 0.227 e. The summed E-state index contributed by atoms with van der Waals surface area (Å²) in [5.41, 5.74) is 9.49. The number of nitrogens with two attached hydrogens (primary N) is 1. The zero-order valence-electron chi connectivity index (χ0n) is 12.0. The van der Waals surface area contributed by atoms with Gasteiger partial charge in [0.2, 0.25) is 5.91 Å². The van der Waals surface area contributed by atoms with Crippen LogP contribution in [0.25, 0.3) is 16.9 Å². The first-order chi connectivity index (χ1) is 10.7. The molecule has 5 nitrogen and oxygen atoms in total. The summed E-state index contributed by atoms with van der Waals surface area (Å²) in [7, 11) is 0. The zero-order valence-corrected chi connectivity index (χ0v) is 12.0. The van der Waals surface area contributed by atoms with E-state index in [0.29, 0.717) is 5.82 Å². The summed E-state index contributed by atoms with van der Waals surface area (Å²) in [5.74, 6) is 0.930. The summed E-state index contributed by atoms with van der Waals surface area (Å²) >= 11 is 0. The van der Waals surface area contributed by atoms with Gasteiger partial charge in [-0.3, -0.25) is 9.20 Å². The summed E-state index contributed by atoms with van der Waals surface area (Å²) < 4.78 is 1.86. The van der Waals surface area contributed by atoms with E-state index in [1.165, 1.54) is 0 Å². The van der Waals surface area contributed by atoms with Crippen molar-refractivity contribution >= 4 is 23.1 Å². The third-order valence-electron chi connectivity index (χ3n) is 3.94. The molecule has 3 aromatic rings. The van der Waals surface area contributed by atoms with Crippen LogP contribution in [0.4, 0.5) is 11.5 Å². The lowest BCUT2D eigenvalue weighted by atomic mass is 10.1. The molecule has 0 spiro atoms. The summed E-state index contributed by atoms with van der Waals surface area (Å²) in [6, 6.07) is 13.4. The Morgan fingerprint density at radius 1 is 1.18 bits per heavy atom. The van der Waals surface area contributed by atoms with E-state index in [2.05, 4.69) is 10.3 Å². The van der Waals surface area contributed by atoms with E-state index in [9.17, 15) is 4.79 Å². The highest BCUT2D eigenvalue weighted by Crippen LogP contribution is 2.31. The number of nitrogen functional groups attached to an aromatic ring is 1. The van der Waals surface area contributed by atoms with Gasteiger partial charge in [-0.25, -0.2) is 4.98 Å². The number of rotatable bonds is 3. The molecule has 0 unspecified atom stereocenters. The zero-order chi connectivity index (χ0) is 15.1. The molecule has 0 radical (unpaired) electrons. The van der Waals surface area contributed by atoms with Crippen molar-refractivity contribution in [2.45, 2.75) is 12.8 Å². The highest BCUT2D eigenvalue weighted by atomic mass is 16.2. The van der Waals surface area contributed by atoms with E-state index >= 15 is 0 Å². The Bertz CT molecular complexity index is 847. The fourth-order valence-corrected chi connectivity index (χ4v) is 2.53. The molecule has 1 aliphatic carbocycles. The topological polar surface area (TPSA) is 72.4 Å². The number of carbonyl (C=O) groups is 1. The molecule has 110 valence electrons. The SMILES string of the molecule is Nc1c(-c2ccc(NC(=O)C3CC3)cc2)nc2ccccn12. The van der Waals surface area contributed by atoms with E-state index in [0.717, 1.165) is 35.4 Å². The van der Waals surface area contributed by atoms with E-state index in [1.54, 1.807) is 0 Å². The number of fused-ring (bicyclic) bond motifs is 1. The number of aromatic nitrogens is 2. The van der Waals surface area contributed by atoms with E-state index in [4.69, 9.17) is 5.73 Å². The van der Waals surface area contributed by atoms with Crippen LogP contribution in [-0.2, 0) is 4.79 Å². The Balaban J connectivity index is 1.64. The number of amides is 1. The maximum atomic E-state index is 11.8. The minimum Gasteiger partial charge on any atom is -0.383 e. The Labute approximate surface area is 127 Å².